The summed E-state index contributed by atoms with van der Waals surface area (Å²) in [7, 11) is 0. The number of aliphatic hydroxyl groups excluding tert-OH is 1. The van der Waals surface area contributed by atoms with Crippen molar-refractivity contribution in [3.63, 3.8) is 0 Å². The molecule has 90 valence electrons. The van der Waals surface area contributed by atoms with Gasteiger partial charge in [-0.3, -0.25) is 0 Å². The largest absolute Gasteiger partial charge is 0.396 e. The van der Waals surface area contributed by atoms with E-state index >= 15 is 0 Å². The van der Waals surface area contributed by atoms with Crippen LogP contribution in [-0.2, 0) is 6.54 Å². The molecule has 0 bridgehead atoms. The lowest BCUT2D eigenvalue weighted by Crippen LogP contribution is -2.19. The van der Waals surface area contributed by atoms with Crippen molar-refractivity contribution in [1.82, 2.24) is 15.3 Å². The fourth-order valence-corrected chi connectivity index (χ4v) is 1.68. The predicted molar refractivity (Wildman–Crippen MR) is 66.4 cm³/mol. The van der Waals surface area contributed by atoms with E-state index in [1.54, 1.807) is 0 Å². The van der Waals surface area contributed by atoms with Crippen molar-refractivity contribution in [1.29, 1.82) is 0 Å². The number of thioether (sulfide) groups is 1. The molecule has 0 spiro atoms. The molecule has 0 saturated heterocycles. The number of aliphatic hydroxyl groups is 1. The van der Waals surface area contributed by atoms with Crippen LogP contribution in [0.4, 0.5) is 0 Å². The first-order valence-corrected chi connectivity index (χ1v) is 6.46. The second kappa shape index (κ2) is 7.60. The molecule has 0 fully saturated rings. The van der Waals surface area contributed by atoms with Crippen LogP contribution in [0, 0.1) is 5.92 Å². The first-order valence-electron chi connectivity index (χ1n) is 5.47. The van der Waals surface area contributed by atoms with Gasteiger partial charge in [0.05, 0.1) is 6.61 Å². The van der Waals surface area contributed by atoms with Crippen molar-refractivity contribution < 1.29 is 5.11 Å². The maximum absolute atomic E-state index is 8.66. The maximum Gasteiger partial charge on any atom is 0.187 e. The zero-order chi connectivity index (χ0) is 11.8. The Kier molecular flexibility index (Phi) is 6.37. The topological polar surface area (TPSA) is 58.0 Å². The van der Waals surface area contributed by atoms with E-state index < -0.39 is 0 Å². The third kappa shape index (κ3) is 5.44. The van der Waals surface area contributed by atoms with Gasteiger partial charge in [0.25, 0.3) is 0 Å². The summed E-state index contributed by atoms with van der Waals surface area (Å²) < 4.78 is 0. The van der Waals surface area contributed by atoms with Gasteiger partial charge in [-0.05, 0) is 12.5 Å². The smallest absolute Gasteiger partial charge is 0.187 e. The summed E-state index contributed by atoms with van der Waals surface area (Å²) >= 11 is 1.47. The highest BCUT2D eigenvalue weighted by molar-refractivity contribution is 7.99. The van der Waals surface area contributed by atoms with E-state index in [0.29, 0.717) is 11.7 Å². The highest BCUT2D eigenvalue weighted by atomic mass is 32.2. The van der Waals surface area contributed by atoms with Crippen LogP contribution in [0.3, 0.4) is 0 Å². The van der Waals surface area contributed by atoms with E-state index in [-0.39, 0.29) is 6.61 Å². The highest BCUT2D eigenvalue weighted by Crippen LogP contribution is 2.10. The Bertz CT molecular complexity index is 290. The Morgan fingerprint density at radius 1 is 1.38 bits per heavy atom. The fraction of sp³-hybridized carbons (Fsp3) is 0.636. The molecule has 0 saturated carbocycles. The van der Waals surface area contributed by atoms with E-state index in [2.05, 4.69) is 29.1 Å². The third-order valence-corrected chi connectivity index (χ3v) is 2.74. The lowest BCUT2D eigenvalue weighted by molar-refractivity contribution is 0.322. The number of aromatic nitrogens is 2. The molecule has 16 heavy (non-hydrogen) atoms. The standard InChI is InChI=1S/C11H19N3OS/c1-9(2)5-12-6-10-7-13-11(14-8-10)16-4-3-15/h7-9,12,15H,3-6H2,1-2H3. The first-order chi connectivity index (χ1) is 7.72. The lowest BCUT2D eigenvalue weighted by Gasteiger charge is -2.07. The van der Waals surface area contributed by atoms with Crippen molar-refractivity contribution in [2.24, 2.45) is 5.92 Å². The SMILES string of the molecule is CC(C)CNCc1cnc(SCCO)nc1. The number of rotatable bonds is 7. The van der Waals surface area contributed by atoms with Gasteiger partial charge < -0.3 is 10.4 Å². The molecule has 0 aliphatic heterocycles. The molecule has 0 radical (unpaired) electrons. The van der Waals surface area contributed by atoms with Crippen LogP contribution in [-0.4, -0.2) is 34.0 Å². The summed E-state index contributed by atoms with van der Waals surface area (Å²) in [5.41, 5.74) is 1.09. The molecule has 5 heteroatoms. The Morgan fingerprint density at radius 3 is 2.62 bits per heavy atom. The zero-order valence-corrected chi connectivity index (χ0v) is 10.6. The summed E-state index contributed by atoms with van der Waals surface area (Å²) in [6.07, 6.45) is 3.67. The van der Waals surface area contributed by atoms with Gasteiger partial charge in [-0.25, -0.2) is 9.97 Å². The van der Waals surface area contributed by atoms with Crippen molar-refractivity contribution in [3.8, 4) is 0 Å². The molecule has 0 amide bonds. The Morgan fingerprint density at radius 2 is 2.06 bits per heavy atom. The van der Waals surface area contributed by atoms with Crippen LogP contribution < -0.4 is 5.32 Å². The Balaban J connectivity index is 2.33. The normalized spacial score (nSPS) is 11.0. The van der Waals surface area contributed by atoms with E-state index in [9.17, 15) is 0 Å². The first kappa shape index (κ1) is 13.4. The van der Waals surface area contributed by atoms with Crippen LogP contribution in [0.15, 0.2) is 17.6 Å². The molecule has 1 heterocycles. The van der Waals surface area contributed by atoms with Gasteiger partial charge in [0.15, 0.2) is 5.16 Å². The summed E-state index contributed by atoms with van der Waals surface area (Å²) in [5, 5.41) is 12.7. The van der Waals surface area contributed by atoms with Crippen LogP contribution in [0.5, 0.6) is 0 Å². The minimum Gasteiger partial charge on any atom is -0.396 e. The predicted octanol–water partition coefficient (Wildman–Crippen LogP) is 1.31. The van der Waals surface area contributed by atoms with Gasteiger partial charge >= 0.3 is 0 Å². The van der Waals surface area contributed by atoms with Gasteiger partial charge in [-0.2, -0.15) is 0 Å². The van der Waals surface area contributed by atoms with Crippen LogP contribution in [0.25, 0.3) is 0 Å². The van der Waals surface area contributed by atoms with Gasteiger partial charge in [0.2, 0.25) is 0 Å². The van der Waals surface area contributed by atoms with E-state index in [1.165, 1.54) is 11.8 Å². The van der Waals surface area contributed by atoms with Gasteiger partial charge in [-0.15, -0.1) is 0 Å². The lowest BCUT2D eigenvalue weighted by atomic mass is 10.2. The molecule has 1 aromatic rings. The number of nitrogens with one attached hydrogen (secondary N) is 1. The summed E-state index contributed by atoms with van der Waals surface area (Å²) in [6, 6.07) is 0. The molecule has 0 aliphatic carbocycles. The van der Waals surface area contributed by atoms with Crippen LogP contribution >= 0.6 is 11.8 Å². The molecule has 0 unspecified atom stereocenters. The van der Waals surface area contributed by atoms with Crippen LogP contribution in [0.1, 0.15) is 19.4 Å². The minimum atomic E-state index is 0.158. The van der Waals surface area contributed by atoms with E-state index in [4.69, 9.17) is 5.11 Å². The van der Waals surface area contributed by atoms with E-state index in [0.717, 1.165) is 23.8 Å². The molecular formula is C11H19N3OS. The summed E-state index contributed by atoms with van der Waals surface area (Å²) in [4.78, 5) is 8.43. The van der Waals surface area contributed by atoms with Gasteiger partial charge in [-0.1, -0.05) is 25.6 Å². The average molecular weight is 241 g/mol. The Hall–Kier alpha value is -0.650. The quantitative estimate of drug-likeness (QED) is 0.557. The average Bonchev–Trinajstić information content (AvgIpc) is 2.27. The second-order valence-electron chi connectivity index (χ2n) is 3.97. The molecule has 1 rings (SSSR count). The zero-order valence-electron chi connectivity index (χ0n) is 9.81. The number of nitrogens with zero attached hydrogens (tertiary/aromatic N) is 2. The third-order valence-electron chi connectivity index (χ3n) is 1.89. The van der Waals surface area contributed by atoms with Crippen molar-refractivity contribution in [3.05, 3.63) is 18.0 Å². The summed E-state index contributed by atoms with van der Waals surface area (Å²) in [5.74, 6) is 1.30. The molecule has 1 aromatic heterocycles. The second-order valence-corrected chi connectivity index (χ2v) is 5.03. The molecule has 0 atom stereocenters. The minimum absolute atomic E-state index is 0.158. The van der Waals surface area contributed by atoms with Gasteiger partial charge in [0.1, 0.15) is 0 Å². The molecular weight excluding hydrogens is 222 g/mol. The monoisotopic (exact) mass is 241 g/mol. The maximum atomic E-state index is 8.66. The number of hydrogen-bond donors (Lipinski definition) is 2. The van der Waals surface area contributed by atoms with E-state index in [1.807, 2.05) is 12.4 Å². The molecule has 0 aromatic carbocycles. The summed E-state index contributed by atoms with van der Waals surface area (Å²) in [6.45, 7) is 6.33. The molecule has 4 nitrogen and oxygen atoms in total. The van der Waals surface area contributed by atoms with Crippen molar-refractivity contribution in [2.45, 2.75) is 25.5 Å². The highest BCUT2D eigenvalue weighted by Gasteiger charge is 1.99. The Labute approximate surface area is 101 Å². The number of hydrogen-bond acceptors (Lipinski definition) is 5. The molecule has 2 N–H and O–H groups in total. The van der Waals surface area contributed by atoms with Crippen molar-refractivity contribution >= 4 is 11.8 Å². The van der Waals surface area contributed by atoms with Crippen molar-refractivity contribution in [2.75, 3.05) is 18.9 Å². The fourth-order valence-electron chi connectivity index (χ4n) is 1.15. The van der Waals surface area contributed by atoms with Crippen LogP contribution in [0.2, 0.25) is 0 Å². The molecule has 0 aliphatic rings. The van der Waals surface area contributed by atoms with Gasteiger partial charge in [0, 0.05) is 30.3 Å².